The normalized spacial score (nSPS) is 9.80. The minimum atomic E-state index is 0.728. The molecule has 0 saturated heterocycles. The first-order valence-electron chi connectivity index (χ1n) is 3.02. The molecule has 56 valence electrons. The second kappa shape index (κ2) is 3.48. The van der Waals surface area contributed by atoms with E-state index in [1.54, 1.807) is 0 Å². The van der Waals surface area contributed by atoms with Crippen molar-refractivity contribution in [2.24, 2.45) is 0 Å². The van der Waals surface area contributed by atoms with Crippen molar-refractivity contribution in [3.8, 4) is 0 Å². The van der Waals surface area contributed by atoms with Crippen molar-refractivity contribution in [3.05, 3.63) is 5.69 Å². The maximum atomic E-state index is 4.03. The van der Waals surface area contributed by atoms with Crippen LogP contribution in [0, 0.1) is 6.92 Å². The Morgan fingerprint density at radius 1 is 1.50 bits per heavy atom. The minimum Gasteiger partial charge on any atom is -0.355 e. The topological polar surface area (TPSA) is 49.8 Å². The number of rotatable bonds is 3. The van der Waals surface area contributed by atoms with Gasteiger partial charge in [0.2, 0.25) is 0 Å². The highest BCUT2D eigenvalue weighted by atomic mass is 32.1. The van der Waals surface area contributed by atoms with E-state index in [-0.39, 0.29) is 0 Å². The van der Waals surface area contributed by atoms with Crippen LogP contribution in [-0.2, 0) is 0 Å². The van der Waals surface area contributed by atoms with Crippen molar-refractivity contribution in [2.75, 3.05) is 19.0 Å². The Labute approximate surface area is 64.0 Å². The van der Waals surface area contributed by atoms with E-state index in [0.717, 1.165) is 18.2 Å². The summed E-state index contributed by atoms with van der Waals surface area (Å²) in [5.41, 5.74) is 0.959. The van der Waals surface area contributed by atoms with E-state index < -0.39 is 0 Å². The number of nitrogens with zero attached hydrogens (tertiary/aromatic N) is 2. The lowest BCUT2D eigenvalue weighted by atomic mass is 10.5. The van der Waals surface area contributed by atoms with Crippen LogP contribution < -0.4 is 10.6 Å². The zero-order valence-electron chi connectivity index (χ0n) is 6.01. The van der Waals surface area contributed by atoms with Crippen LogP contribution in [-0.4, -0.2) is 22.5 Å². The monoisotopic (exact) mass is 158 g/mol. The van der Waals surface area contributed by atoms with E-state index in [2.05, 4.69) is 19.4 Å². The zero-order valence-corrected chi connectivity index (χ0v) is 6.83. The predicted octanol–water partition coefficient (Wildman–Crippen LogP) is 0.435. The lowest BCUT2D eigenvalue weighted by Gasteiger charge is -1.99. The Kier molecular flexibility index (Phi) is 2.58. The molecular weight excluding hydrogens is 148 g/mol. The van der Waals surface area contributed by atoms with Crippen LogP contribution in [0.5, 0.6) is 0 Å². The zero-order chi connectivity index (χ0) is 7.40. The van der Waals surface area contributed by atoms with Crippen molar-refractivity contribution < 1.29 is 0 Å². The second-order valence-corrected chi connectivity index (χ2v) is 2.43. The molecule has 1 rings (SSSR count). The molecule has 0 bridgehead atoms. The van der Waals surface area contributed by atoms with E-state index in [9.17, 15) is 0 Å². The smallest absolute Gasteiger partial charge is 0.163 e. The highest BCUT2D eigenvalue weighted by molar-refractivity contribution is 6.99. The lowest BCUT2D eigenvalue weighted by molar-refractivity contribution is 0.869. The first-order valence-corrected chi connectivity index (χ1v) is 3.75. The van der Waals surface area contributed by atoms with Gasteiger partial charge >= 0.3 is 0 Å². The third kappa shape index (κ3) is 1.65. The molecule has 0 spiro atoms. The number of nitrogens with one attached hydrogen (secondary N) is 2. The fourth-order valence-corrected chi connectivity index (χ4v) is 1.09. The summed E-state index contributed by atoms with van der Waals surface area (Å²) < 4.78 is 8.04. The SMILES string of the molecule is CNCNc1nsnc1C. The van der Waals surface area contributed by atoms with Gasteiger partial charge in [-0.1, -0.05) is 0 Å². The van der Waals surface area contributed by atoms with Gasteiger partial charge in [0.25, 0.3) is 0 Å². The van der Waals surface area contributed by atoms with Gasteiger partial charge < -0.3 is 10.6 Å². The first-order chi connectivity index (χ1) is 4.84. The van der Waals surface area contributed by atoms with Crippen molar-refractivity contribution >= 4 is 17.5 Å². The Morgan fingerprint density at radius 2 is 2.30 bits per heavy atom. The summed E-state index contributed by atoms with van der Waals surface area (Å²) in [6.07, 6.45) is 0. The van der Waals surface area contributed by atoms with Crippen molar-refractivity contribution in [1.29, 1.82) is 0 Å². The molecule has 0 radical (unpaired) electrons. The van der Waals surface area contributed by atoms with E-state index in [0.29, 0.717) is 0 Å². The van der Waals surface area contributed by atoms with Crippen LogP contribution in [0.15, 0.2) is 0 Å². The summed E-state index contributed by atoms with van der Waals surface area (Å²) >= 11 is 1.23. The number of aryl methyl sites for hydroxylation is 1. The second-order valence-electron chi connectivity index (χ2n) is 1.91. The first kappa shape index (κ1) is 7.43. The van der Waals surface area contributed by atoms with Crippen LogP contribution >= 0.6 is 11.7 Å². The average molecular weight is 158 g/mol. The molecule has 1 aromatic rings. The van der Waals surface area contributed by atoms with Gasteiger partial charge in [-0.15, -0.1) is 0 Å². The van der Waals surface area contributed by atoms with Crippen molar-refractivity contribution in [1.82, 2.24) is 14.1 Å². The van der Waals surface area contributed by atoms with Gasteiger partial charge in [-0.3, -0.25) is 0 Å². The summed E-state index contributed by atoms with van der Waals surface area (Å²) in [6, 6.07) is 0. The molecule has 0 fully saturated rings. The Morgan fingerprint density at radius 3 is 2.80 bits per heavy atom. The molecule has 0 amide bonds. The molecule has 0 unspecified atom stereocenters. The molecule has 0 aliphatic rings. The number of hydrogen-bond donors (Lipinski definition) is 2. The maximum absolute atomic E-state index is 4.03. The largest absolute Gasteiger partial charge is 0.355 e. The van der Waals surface area contributed by atoms with Gasteiger partial charge in [-0.2, -0.15) is 8.75 Å². The fourth-order valence-electron chi connectivity index (χ4n) is 0.564. The maximum Gasteiger partial charge on any atom is 0.163 e. The summed E-state index contributed by atoms with van der Waals surface area (Å²) in [6.45, 7) is 2.66. The van der Waals surface area contributed by atoms with E-state index in [4.69, 9.17) is 0 Å². The fraction of sp³-hybridized carbons (Fsp3) is 0.600. The molecule has 1 heterocycles. The van der Waals surface area contributed by atoms with Gasteiger partial charge in [-0.05, 0) is 14.0 Å². The minimum absolute atomic E-state index is 0.728. The number of aromatic nitrogens is 2. The quantitative estimate of drug-likeness (QED) is 0.626. The summed E-state index contributed by atoms with van der Waals surface area (Å²) in [4.78, 5) is 0. The standard InChI is InChI=1S/C5H10N4S/c1-4-5(7-3-6-2)9-10-8-4/h6H,3H2,1-2H3,(H,7,9). The van der Waals surface area contributed by atoms with Gasteiger partial charge in [0.05, 0.1) is 24.1 Å². The van der Waals surface area contributed by atoms with E-state index in [1.165, 1.54) is 11.7 Å². The van der Waals surface area contributed by atoms with Gasteiger partial charge in [-0.25, -0.2) is 0 Å². The lowest BCUT2D eigenvalue weighted by Crippen LogP contribution is -2.17. The molecule has 0 saturated carbocycles. The van der Waals surface area contributed by atoms with Gasteiger partial charge in [0.15, 0.2) is 5.82 Å². The Hall–Kier alpha value is -0.680. The average Bonchev–Trinajstić information content (AvgIpc) is 2.31. The van der Waals surface area contributed by atoms with Gasteiger partial charge in [0, 0.05) is 0 Å². The summed E-state index contributed by atoms with van der Waals surface area (Å²) in [5.74, 6) is 0.874. The van der Waals surface area contributed by atoms with Gasteiger partial charge in [0.1, 0.15) is 0 Å². The van der Waals surface area contributed by atoms with Crippen LogP contribution in [0.2, 0.25) is 0 Å². The molecule has 4 nitrogen and oxygen atoms in total. The highest BCUT2D eigenvalue weighted by Gasteiger charge is 1.98. The molecule has 1 aromatic heterocycles. The molecule has 2 N–H and O–H groups in total. The third-order valence-corrected chi connectivity index (χ3v) is 1.70. The Balaban J connectivity index is 2.49. The number of hydrogen-bond acceptors (Lipinski definition) is 5. The van der Waals surface area contributed by atoms with Crippen molar-refractivity contribution in [3.63, 3.8) is 0 Å². The van der Waals surface area contributed by atoms with E-state index in [1.807, 2.05) is 14.0 Å². The highest BCUT2D eigenvalue weighted by Crippen LogP contribution is 2.08. The molecule has 5 heteroatoms. The predicted molar refractivity (Wildman–Crippen MR) is 42.2 cm³/mol. The summed E-state index contributed by atoms with van der Waals surface area (Å²) in [5, 5.41) is 6.03. The van der Waals surface area contributed by atoms with Crippen LogP contribution in [0.25, 0.3) is 0 Å². The molecular formula is C5H10N4S. The molecule has 0 aliphatic carbocycles. The number of anilines is 1. The third-order valence-electron chi connectivity index (χ3n) is 1.09. The Bertz CT molecular complexity index is 197. The van der Waals surface area contributed by atoms with Crippen LogP contribution in [0.4, 0.5) is 5.82 Å². The van der Waals surface area contributed by atoms with Crippen molar-refractivity contribution in [2.45, 2.75) is 6.92 Å². The molecule has 0 atom stereocenters. The summed E-state index contributed by atoms with van der Waals surface area (Å²) in [7, 11) is 1.88. The molecule has 0 aliphatic heterocycles. The van der Waals surface area contributed by atoms with E-state index >= 15 is 0 Å². The van der Waals surface area contributed by atoms with Crippen LogP contribution in [0.3, 0.4) is 0 Å². The molecule has 10 heavy (non-hydrogen) atoms. The van der Waals surface area contributed by atoms with Crippen LogP contribution in [0.1, 0.15) is 5.69 Å². The molecule has 0 aromatic carbocycles.